The molecule has 0 aliphatic carbocycles. The van der Waals surface area contributed by atoms with Crippen LogP contribution in [0.3, 0.4) is 0 Å². The number of aromatic nitrogens is 3. The number of rotatable bonds is 1. The molecule has 5 nitrogen and oxygen atoms in total. The smallest absolute Gasteiger partial charge is 0.260 e. The highest BCUT2D eigenvalue weighted by molar-refractivity contribution is 9.10. The first-order valence-corrected chi connectivity index (χ1v) is 6.66. The van der Waals surface area contributed by atoms with Crippen molar-refractivity contribution in [2.45, 2.75) is 13.1 Å². The van der Waals surface area contributed by atoms with E-state index in [-0.39, 0.29) is 11.0 Å². The summed E-state index contributed by atoms with van der Waals surface area (Å²) in [6.45, 7) is 1.06. The van der Waals surface area contributed by atoms with Crippen LogP contribution in [0.1, 0.15) is 16.2 Å². The van der Waals surface area contributed by atoms with Gasteiger partial charge in [0.2, 0.25) is 0 Å². The molecule has 20 heavy (non-hydrogen) atoms. The van der Waals surface area contributed by atoms with Crippen LogP contribution in [0, 0.1) is 11.6 Å². The second kappa shape index (κ2) is 4.93. The minimum Gasteiger partial charge on any atom is -0.329 e. The minimum absolute atomic E-state index is 0.188. The van der Waals surface area contributed by atoms with Crippen molar-refractivity contribution in [3.8, 4) is 0 Å². The molecule has 3 rings (SSSR count). The summed E-state index contributed by atoms with van der Waals surface area (Å²) in [5.41, 5.74) is -0.541. The van der Waals surface area contributed by atoms with Gasteiger partial charge in [-0.15, -0.1) is 10.2 Å². The number of nitrogens with zero attached hydrogens (tertiary/aromatic N) is 4. The molecule has 0 unspecified atom stereocenters. The van der Waals surface area contributed by atoms with Crippen molar-refractivity contribution in [2.24, 2.45) is 0 Å². The molecule has 0 atom stereocenters. The third kappa shape index (κ3) is 2.20. The van der Waals surface area contributed by atoms with E-state index < -0.39 is 23.1 Å². The molecule has 8 heteroatoms. The number of halogens is 3. The number of carbonyl (C=O) groups excluding carboxylic acids is 1. The predicted molar refractivity (Wildman–Crippen MR) is 68.8 cm³/mol. The van der Waals surface area contributed by atoms with Crippen LogP contribution in [0.5, 0.6) is 0 Å². The van der Waals surface area contributed by atoms with Gasteiger partial charge >= 0.3 is 0 Å². The normalized spacial score (nSPS) is 14.2. The highest BCUT2D eigenvalue weighted by Gasteiger charge is 2.27. The molecule has 104 valence electrons. The number of hydrogen-bond donors (Lipinski definition) is 0. The Morgan fingerprint density at radius 2 is 1.95 bits per heavy atom. The Labute approximate surface area is 121 Å². The van der Waals surface area contributed by atoms with Crippen molar-refractivity contribution in [1.82, 2.24) is 19.7 Å². The zero-order valence-corrected chi connectivity index (χ0v) is 11.8. The van der Waals surface area contributed by atoms with Crippen molar-refractivity contribution in [3.05, 3.63) is 46.0 Å². The monoisotopic (exact) mass is 342 g/mol. The number of carbonyl (C=O) groups is 1. The Bertz CT molecular complexity index is 665. The van der Waals surface area contributed by atoms with Gasteiger partial charge in [-0.25, -0.2) is 8.78 Å². The molecule has 1 aliphatic heterocycles. The Morgan fingerprint density at radius 3 is 2.65 bits per heavy atom. The second-order valence-corrected chi connectivity index (χ2v) is 5.33. The molecule has 0 spiro atoms. The van der Waals surface area contributed by atoms with E-state index in [0.29, 0.717) is 18.9 Å². The molecule has 1 aromatic heterocycles. The average molecular weight is 343 g/mol. The molecule has 0 bridgehead atoms. The third-order valence-corrected chi connectivity index (χ3v) is 3.60. The largest absolute Gasteiger partial charge is 0.329 e. The van der Waals surface area contributed by atoms with E-state index in [1.807, 2.05) is 0 Å². The lowest BCUT2D eigenvalue weighted by atomic mass is 10.1. The van der Waals surface area contributed by atoms with E-state index in [1.54, 1.807) is 10.9 Å². The van der Waals surface area contributed by atoms with Gasteiger partial charge in [0, 0.05) is 17.6 Å². The average Bonchev–Trinajstić information content (AvgIpc) is 2.84. The van der Waals surface area contributed by atoms with E-state index >= 15 is 0 Å². The fourth-order valence-corrected chi connectivity index (χ4v) is 2.55. The summed E-state index contributed by atoms with van der Waals surface area (Å²) in [6, 6.07) is 2.14. The summed E-state index contributed by atoms with van der Waals surface area (Å²) in [4.78, 5) is 13.6. The quantitative estimate of drug-likeness (QED) is 0.796. The predicted octanol–water partition coefficient (Wildman–Crippen LogP) is 1.97. The maximum Gasteiger partial charge on any atom is 0.260 e. The molecule has 1 aliphatic rings. The topological polar surface area (TPSA) is 51.0 Å². The van der Waals surface area contributed by atoms with E-state index in [4.69, 9.17) is 0 Å². The fraction of sp³-hybridized carbons (Fsp3) is 0.250. The first-order valence-electron chi connectivity index (χ1n) is 5.87. The number of benzene rings is 1. The summed E-state index contributed by atoms with van der Waals surface area (Å²) in [6.07, 6.45) is 1.57. The summed E-state index contributed by atoms with van der Waals surface area (Å²) >= 11 is 2.98. The Morgan fingerprint density at radius 1 is 1.25 bits per heavy atom. The van der Waals surface area contributed by atoms with Gasteiger partial charge < -0.3 is 9.47 Å². The highest BCUT2D eigenvalue weighted by atomic mass is 79.9. The van der Waals surface area contributed by atoms with E-state index in [9.17, 15) is 13.6 Å². The van der Waals surface area contributed by atoms with Crippen molar-refractivity contribution < 1.29 is 13.6 Å². The van der Waals surface area contributed by atoms with Gasteiger partial charge in [0.05, 0.1) is 6.54 Å². The lowest BCUT2D eigenvalue weighted by Crippen LogP contribution is -2.39. The molecular formula is C12H9BrF2N4O. The van der Waals surface area contributed by atoms with Crippen LogP contribution in [0.25, 0.3) is 0 Å². The molecule has 0 saturated carbocycles. The molecule has 2 aromatic rings. The molecule has 0 radical (unpaired) electrons. The maximum atomic E-state index is 13.8. The Balaban J connectivity index is 1.91. The number of amides is 1. The highest BCUT2D eigenvalue weighted by Crippen LogP contribution is 2.22. The van der Waals surface area contributed by atoms with Crippen LogP contribution >= 0.6 is 15.9 Å². The van der Waals surface area contributed by atoms with E-state index in [2.05, 4.69) is 26.1 Å². The summed E-state index contributed by atoms with van der Waals surface area (Å²) in [7, 11) is 0. The molecule has 0 fully saturated rings. The lowest BCUT2D eigenvalue weighted by molar-refractivity contribution is 0.0697. The first-order chi connectivity index (χ1) is 9.56. The molecule has 0 saturated heterocycles. The van der Waals surface area contributed by atoms with E-state index in [0.717, 1.165) is 12.1 Å². The van der Waals surface area contributed by atoms with Crippen molar-refractivity contribution >= 4 is 21.8 Å². The lowest BCUT2D eigenvalue weighted by Gasteiger charge is -2.27. The van der Waals surface area contributed by atoms with Crippen LogP contribution in [0.2, 0.25) is 0 Å². The number of fused-ring (bicyclic) bond motifs is 1. The van der Waals surface area contributed by atoms with Crippen LogP contribution < -0.4 is 0 Å². The van der Waals surface area contributed by atoms with Crippen LogP contribution in [0.4, 0.5) is 8.78 Å². The Kier molecular flexibility index (Phi) is 3.25. The van der Waals surface area contributed by atoms with Crippen LogP contribution in [-0.2, 0) is 13.1 Å². The van der Waals surface area contributed by atoms with Gasteiger partial charge in [-0.2, -0.15) is 0 Å². The molecule has 2 heterocycles. The number of hydrogen-bond acceptors (Lipinski definition) is 3. The standard InChI is InChI=1S/C12H9BrF2N4O/c13-7-3-8(14)11(9(15)4-7)12(20)18-1-2-19-6-16-17-10(19)5-18/h3-4,6H,1-2,5H2. The van der Waals surface area contributed by atoms with Gasteiger partial charge in [0.15, 0.2) is 5.82 Å². The van der Waals surface area contributed by atoms with Gasteiger partial charge in [-0.1, -0.05) is 15.9 Å². The van der Waals surface area contributed by atoms with Crippen molar-refractivity contribution in [2.75, 3.05) is 6.54 Å². The van der Waals surface area contributed by atoms with Crippen LogP contribution in [0.15, 0.2) is 22.9 Å². The van der Waals surface area contributed by atoms with Gasteiger partial charge in [-0.3, -0.25) is 4.79 Å². The van der Waals surface area contributed by atoms with Gasteiger partial charge in [0.25, 0.3) is 5.91 Å². The minimum atomic E-state index is -0.881. The van der Waals surface area contributed by atoms with Crippen molar-refractivity contribution in [1.29, 1.82) is 0 Å². The fourth-order valence-electron chi connectivity index (χ4n) is 2.14. The van der Waals surface area contributed by atoms with E-state index in [1.165, 1.54) is 4.90 Å². The van der Waals surface area contributed by atoms with Gasteiger partial charge in [0.1, 0.15) is 23.5 Å². The zero-order valence-electron chi connectivity index (χ0n) is 10.2. The Hall–Kier alpha value is -1.83. The molecular weight excluding hydrogens is 334 g/mol. The summed E-state index contributed by atoms with van der Waals surface area (Å²) in [5.74, 6) is -1.84. The van der Waals surface area contributed by atoms with Crippen LogP contribution in [-0.4, -0.2) is 32.1 Å². The maximum absolute atomic E-state index is 13.8. The van der Waals surface area contributed by atoms with Crippen molar-refractivity contribution in [3.63, 3.8) is 0 Å². The molecule has 1 aromatic carbocycles. The third-order valence-electron chi connectivity index (χ3n) is 3.15. The zero-order chi connectivity index (χ0) is 14.3. The summed E-state index contributed by atoms with van der Waals surface area (Å²) in [5, 5.41) is 7.60. The molecule has 1 amide bonds. The SMILES string of the molecule is O=C(c1c(F)cc(Br)cc1F)N1CCn2cnnc2C1. The first kappa shape index (κ1) is 13.2. The van der Waals surface area contributed by atoms with Gasteiger partial charge in [-0.05, 0) is 12.1 Å². The molecule has 0 N–H and O–H groups in total. The second-order valence-electron chi connectivity index (χ2n) is 4.41. The summed E-state index contributed by atoms with van der Waals surface area (Å²) < 4.78 is 29.7.